The van der Waals surface area contributed by atoms with E-state index in [2.05, 4.69) is 13.8 Å². The molecule has 0 amide bonds. The largest absolute Gasteiger partial charge is 0.462 e. The Morgan fingerprint density at radius 2 is 0.443 bits per heavy atom. The van der Waals surface area contributed by atoms with E-state index in [9.17, 15) is 87.9 Å². The van der Waals surface area contributed by atoms with Crippen molar-refractivity contribution in [3.8, 4) is 0 Å². The summed E-state index contributed by atoms with van der Waals surface area (Å²) >= 11 is 0. The number of esters is 13. The van der Waals surface area contributed by atoms with E-state index in [0.29, 0.717) is 38.5 Å². The molecule has 2 aliphatic carbocycles. The maximum atomic E-state index is 13.9. The van der Waals surface area contributed by atoms with Crippen LogP contribution < -0.4 is 0 Å². The lowest BCUT2D eigenvalue weighted by Gasteiger charge is -2.43. The van der Waals surface area contributed by atoms with Gasteiger partial charge in [-0.1, -0.05) is 116 Å². The van der Waals surface area contributed by atoms with Crippen LogP contribution in [0.15, 0.2) is 0 Å². The average molecular weight is 1650 g/mol. The zero-order chi connectivity index (χ0) is 86.1. The third-order valence-corrected chi connectivity index (χ3v) is 22.0. The molecule has 20 atom stereocenters. The van der Waals surface area contributed by atoms with Gasteiger partial charge in [0, 0.05) is 25.7 Å². The molecule has 2 fully saturated rings. The van der Waals surface area contributed by atoms with Crippen molar-refractivity contribution in [2.24, 2.45) is 47.3 Å². The molecule has 0 aromatic carbocycles. The summed E-state index contributed by atoms with van der Waals surface area (Å²) in [5.74, 6) is -8.95. The van der Waals surface area contributed by atoms with Gasteiger partial charge in [0.1, 0.15) is 64.1 Å². The van der Waals surface area contributed by atoms with Crippen LogP contribution in [-0.4, -0.2) is 216 Å². The number of aliphatic hydroxyl groups is 5. The molecule has 0 spiro atoms. The van der Waals surface area contributed by atoms with Crippen LogP contribution in [0.2, 0.25) is 0 Å². The predicted molar refractivity (Wildman–Crippen MR) is 414 cm³/mol. The van der Waals surface area contributed by atoms with E-state index in [-0.39, 0.29) is 169 Å². The molecule has 2 aliphatic rings. The molecule has 0 heterocycles. The highest BCUT2D eigenvalue weighted by atomic mass is 16.6. The molecular formula is C84H140O31. The standard InChI is InChI=1S/C84H140O31/c1-14-52-27-30-55(68(25-12)70(52)44-83(101)111-63(23-10)42-78(96)107-49-66(114-81(99)38-59(88)19-6)47-104-75(93)36-57(86)17-4)32-34-73(91)110-62(22-9)41-77(95)106-50-67(115-82(100)39-60(89)20-7)51-108-79(97)43-64(24-11)112-84(102)45-71-53(15-2)28-29-54(69(71)26-13)31-33-72(90)109-61(21-8)40-76(94)105-48-65(113-80(98)37-58(87)18-5)46-103-74(92)35-56(85)16-3/h52-71,85-89H,14-51H2,1-13H3. The number of hydrogen-bond donors (Lipinski definition) is 5. The summed E-state index contributed by atoms with van der Waals surface area (Å²) in [6.07, 6.45) is -5.49. The van der Waals surface area contributed by atoms with Crippen LogP contribution in [0.4, 0.5) is 0 Å². The Bertz CT molecular complexity index is 2900. The SMILES string of the molecule is CCC(O)CC(=O)OCC(COC(=O)CC(CC)OC(=O)CCC1CCC(CC)C(CC(=O)OC(CC)CC(=O)OCC(COC(=O)CC(CC)OC(=O)CCC2CCC(CC)C(CC(=O)OC(CC)CC(=O)OCC(COC(=O)CC(O)CC)OC(=O)CC(O)CC)C2CC)OC(=O)CC(O)CC)C1CC)OC(=O)CC(O)CC. The van der Waals surface area contributed by atoms with Crippen molar-refractivity contribution in [3.63, 3.8) is 0 Å². The second-order valence-electron chi connectivity index (χ2n) is 30.6. The van der Waals surface area contributed by atoms with Gasteiger partial charge in [-0.05, 0) is 144 Å². The Kier molecular flexibility index (Phi) is 53.1. The minimum absolute atomic E-state index is 0.0209. The lowest BCUT2D eigenvalue weighted by atomic mass is 9.62. The Morgan fingerprint density at radius 1 is 0.235 bits per heavy atom. The smallest absolute Gasteiger partial charge is 0.309 e. The van der Waals surface area contributed by atoms with Crippen LogP contribution in [0.3, 0.4) is 0 Å². The molecule has 0 saturated heterocycles. The van der Waals surface area contributed by atoms with Gasteiger partial charge in [0.15, 0.2) is 18.3 Å². The first kappa shape index (κ1) is 104. The van der Waals surface area contributed by atoms with E-state index in [1.54, 1.807) is 62.3 Å². The number of hydrogen-bond acceptors (Lipinski definition) is 31. The van der Waals surface area contributed by atoms with Crippen LogP contribution in [0.1, 0.15) is 295 Å². The van der Waals surface area contributed by atoms with Gasteiger partial charge in [-0.15, -0.1) is 0 Å². The van der Waals surface area contributed by atoms with E-state index >= 15 is 0 Å². The Balaban J connectivity index is 2.03. The van der Waals surface area contributed by atoms with Gasteiger partial charge < -0.3 is 87.1 Å². The number of rotatable bonds is 60. The third kappa shape index (κ3) is 43.3. The molecule has 20 unspecified atom stereocenters. The van der Waals surface area contributed by atoms with Gasteiger partial charge in [0.05, 0.1) is 88.3 Å². The van der Waals surface area contributed by atoms with Crippen molar-refractivity contribution in [1.29, 1.82) is 0 Å². The lowest BCUT2D eigenvalue weighted by molar-refractivity contribution is -0.171. The van der Waals surface area contributed by atoms with Crippen molar-refractivity contribution in [1.82, 2.24) is 0 Å². The molecule has 2 saturated carbocycles. The maximum absolute atomic E-state index is 13.9. The maximum Gasteiger partial charge on any atom is 0.309 e. The minimum atomic E-state index is -1.32. The van der Waals surface area contributed by atoms with Crippen LogP contribution in [-0.2, 0) is 124 Å². The fourth-order valence-corrected chi connectivity index (χ4v) is 14.7. The Morgan fingerprint density at radius 3 is 0.661 bits per heavy atom. The van der Waals surface area contributed by atoms with Crippen molar-refractivity contribution >= 4 is 77.6 Å². The van der Waals surface area contributed by atoms with Crippen LogP contribution in [0.5, 0.6) is 0 Å². The van der Waals surface area contributed by atoms with Crippen LogP contribution in [0, 0.1) is 47.3 Å². The molecule has 0 bridgehead atoms. The first-order valence-electron chi connectivity index (χ1n) is 42.5. The summed E-state index contributed by atoms with van der Waals surface area (Å²) in [5, 5.41) is 49.8. The summed E-state index contributed by atoms with van der Waals surface area (Å²) in [7, 11) is 0. The fourth-order valence-electron chi connectivity index (χ4n) is 14.7. The fraction of sp³-hybridized carbons (Fsp3) is 0.845. The minimum Gasteiger partial charge on any atom is -0.462 e. The van der Waals surface area contributed by atoms with Gasteiger partial charge in [0.2, 0.25) is 0 Å². The van der Waals surface area contributed by atoms with Crippen molar-refractivity contribution in [2.45, 2.75) is 369 Å². The summed E-state index contributed by atoms with van der Waals surface area (Å²) in [6.45, 7) is 20.4. The van der Waals surface area contributed by atoms with Gasteiger partial charge >= 0.3 is 77.6 Å². The number of carbonyl (C=O) groups excluding carboxylic acids is 13. The van der Waals surface area contributed by atoms with E-state index in [0.717, 1.165) is 38.5 Å². The molecule has 31 nitrogen and oxygen atoms in total. The van der Waals surface area contributed by atoms with E-state index in [1.165, 1.54) is 0 Å². The summed E-state index contributed by atoms with van der Waals surface area (Å²) < 4.78 is 71.8. The monoisotopic (exact) mass is 1640 g/mol. The first-order valence-corrected chi connectivity index (χ1v) is 42.5. The van der Waals surface area contributed by atoms with Crippen molar-refractivity contribution < 1.29 is 149 Å². The number of ether oxygens (including phenoxy) is 13. The lowest BCUT2D eigenvalue weighted by Crippen LogP contribution is -2.37. The second kappa shape index (κ2) is 58.7. The van der Waals surface area contributed by atoms with E-state index < -0.39 is 197 Å². The van der Waals surface area contributed by atoms with Crippen LogP contribution in [0.25, 0.3) is 0 Å². The van der Waals surface area contributed by atoms with Crippen LogP contribution >= 0.6 is 0 Å². The summed E-state index contributed by atoms with van der Waals surface area (Å²) in [4.78, 5) is 170. The van der Waals surface area contributed by atoms with Gasteiger partial charge in [-0.2, -0.15) is 0 Å². The van der Waals surface area contributed by atoms with Gasteiger partial charge in [-0.3, -0.25) is 62.3 Å². The second-order valence-corrected chi connectivity index (χ2v) is 30.6. The Hall–Kier alpha value is -7.09. The highest BCUT2D eigenvalue weighted by Gasteiger charge is 2.42. The van der Waals surface area contributed by atoms with Crippen molar-refractivity contribution in [3.05, 3.63) is 0 Å². The zero-order valence-electron chi connectivity index (χ0n) is 70.8. The Labute approximate surface area is 680 Å². The first-order chi connectivity index (χ1) is 54.8. The number of carbonyl (C=O) groups is 13. The quantitative estimate of drug-likeness (QED) is 0.0279. The predicted octanol–water partition coefficient (Wildman–Crippen LogP) is 10.1. The highest BCUT2D eigenvalue weighted by Crippen LogP contribution is 2.47. The number of aliphatic hydroxyl groups excluding tert-OH is 5. The third-order valence-electron chi connectivity index (χ3n) is 22.0. The topological polar surface area (TPSA) is 443 Å². The normalized spacial score (nSPS) is 21.2. The molecule has 662 valence electrons. The molecule has 0 aromatic rings. The molecule has 0 aromatic heterocycles. The average Bonchev–Trinajstić information content (AvgIpc) is 0.818. The molecule has 5 N–H and O–H groups in total. The summed E-state index contributed by atoms with van der Waals surface area (Å²) in [5.41, 5.74) is 0. The molecule has 31 heteroatoms. The van der Waals surface area contributed by atoms with E-state index in [1.807, 2.05) is 13.8 Å². The molecular weight excluding hydrogens is 1500 g/mol. The molecule has 115 heavy (non-hydrogen) atoms. The summed E-state index contributed by atoms with van der Waals surface area (Å²) in [6, 6.07) is 0. The van der Waals surface area contributed by atoms with Gasteiger partial charge in [-0.25, -0.2) is 0 Å². The molecule has 0 aliphatic heterocycles. The van der Waals surface area contributed by atoms with E-state index in [4.69, 9.17) is 61.6 Å². The zero-order valence-corrected chi connectivity index (χ0v) is 70.8. The highest BCUT2D eigenvalue weighted by molar-refractivity contribution is 5.76. The molecule has 0 radical (unpaired) electrons. The van der Waals surface area contributed by atoms with Gasteiger partial charge in [0.25, 0.3) is 0 Å². The molecule has 2 rings (SSSR count). The van der Waals surface area contributed by atoms with Crippen molar-refractivity contribution in [2.75, 3.05) is 39.6 Å².